The van der Waals surface area contributed by atoms with Crippen molar-refractivity contribution in [2.45, 2.75) is 19.3 Å². The molecule has 6 nitrogen and oxygen atoms in total. The molecule has 0 aliphatic carbocycles. The molecule has 5 rings (SSSR count). The van der Waals surface area contributed by atoms with E-state index in [1.54, 1.807) is 20.3 Å². The van der Waals surface area contributed by atoms with Gasteiger partial charge in [0.25, 0.3) is 0 Å². The van der Waals surface area contributed by atoms with E-state index >= 15 is 0 Å². The smallest absolute Gasteiger partial charge is 0.538 e. The fraction of sp³-hybridized carbons (Fsp3) is 0.179. The average molecular weight is 644 g/mol. The second kappa shape index (κ2) is 10.0. The molecule has 0 N–H and O–H groups in total. The normalized spacial score (nSPS) is 11.2. The first kappa shape index (κ1) is 24.6. The minimum atomic E-state index is -0.483. The molecule has 3 aromatic heterocycles. The molecule has 5 aromatic rings. The van der Waals surface area contributed by atoms with E-state index in [0.717, 1.165) is 33.5 Å². The Morgan fingerprint density at radius 1 is 0.857 bits per heavy atom. The van der Waals surface area contributed by atoms with Gasteiger partial charge in [0.2, 0.25) is 0 Å². The van der Waals surface area contributed by atoms with Crippen LogP contribution in [-0.2, 0) is 26.5 Å². The van der Waals surface area contributed by atoms with Crippen LogP contribution in [0, 0.1) is 12.1 Å². The van der Waals surface area contributed by atoms with E-state index < -0.39 is 5.41 Å². The number of fused-ring (bicyclic) bond motifs is 1. The third-order valence-corrected chi connectivity index (χ3v) is 5.91. The topological polar surface area (TPSA) is 62.1 Å². The summed E-state index contributed by atoms with van der Waals surface area (Å²) in [4.78, 5) is 9.41. The Hall–Kier alpha value is -3.50. The van der Waals surface area contributed by atoms with Crippen molar-refractivity contribution in [3.8, 4) is 28.7 Å². The summed E-state index contributed by atoms with van der Waals surface area (Å²) in [7, 11) is 3.14. The van der Waals surface area contributed by atoms with Gasteiger partial charge >= 0.3 is 21.1 Å². The fourth-order valence-corrected chi connectivity index (χ4v) is 4.08. The van der Waals surface area contributed by atoms with E-state index in [-0.39, 0.29) is 21.1 Å². The Morgan fingerprint density at radius 3 is 2.40 bits per heavy atom. The fourth-order valence-electron chi connectivity index (χ4n) is 4.08. The predicted molar refractivity (Wildman–Crippen MR) is 131 cm³/mol. The van der Waals surface area contributed by atoms with Crippen LogP contribution in [0.1, 0.15) is 25.2 Å². The summed E-state index contributed by atoms with van der Waals surface area (Å²) in [6.45, 7) is 4.28. The van der Waals surface area contributed by atoms with E-state index in [4.69, 9.17) is 19.6 Å². The molecular weight excluding hydrogens is 619 g/mol. The number of hydrogen-bond donors (Lipinski definition) is 0. The van der Waals surface area contributed by atoms with E-state index in [1.807, 2.05) is 65.3 Å². The number of nitrogens with zero attached hydrogens (tertiary/aromatic N) is 4. The van der Waals surface area contributed by atoms with Crippen LogP contribution in [0.5, 0.6) is 11.8 Å². The van der Waals surface area contributed by atoms with Gasteiger partial charge in [0.15, 0.2) is 0 Å². The van der Waals surface area contributed by atoms with E-state index in [1.165, 1.54) is 0 Å². The Bertz CT molecular complexity index is 1460. The minimum Gasteiger partial charge on any atom is -0.538 e. The van der Waals surface area contributed by atoms with Crippen LogP contribution in [0.25, 0.3) is 27.8 Å². The molecule has 0 amide bonds. The Labute approximate surface area is 219 Å². The molecule has 0 saturated carbocycles. The first-order valence-electron chi connectivity index (χ1n) is 11.0. The van der Waals surface area contributed by atoms with Gasteiger partial charge in [0, 0.05) is 16.8 Å². The van der Waals surface area contributed by atoms with Gasteiger partial charge in [-0.05, 0) is 31.7 Å². The first-order valence-corrected chi connectivity index (χ1v) is 11.0. The standard InChI is InChI=1S/C28H24N4O2.Pt/c1-28(2,24-16-10-14-21(29-24)19-11-6-5-7-12-19)26-20-13-8-9-15-22(20)32(31-26)23-17-18-25(33-3)30-27(23)34-4;/h5-11,13-16,18H,1-4H3;/q-2;+2. The van der Waals surface area contributed by atoms with Crippen LogP contribution in [0.3, 0.4) is 0 Å². The van der Waals surface area contributed by atoms with Crippen LogP contribution in [-0.4, -0.2) is 34.0 Å². The number of rotatable bonds is 6. The van der Waals surface area contributed by atoms with Crippen molar-refractivity contribution >= 4 is 10.9 Å². The monoisotopic (exact) mass is 643 g/mol. The van der Waals surface area contributed by atoms with Crippen molar-refractivity contribution in [1.82, 2.24) is 19.7 Å². The largest absolute Gasteiger partial charge is 2.00 e. The molecule has 0 unspecified atom stereocenters. The van der Waals surface area contributed by atoms with Crippen molar-refractivity contribution in [2.75, 3.05) is 14.2 Å². The maximum Gasteiger partial charge on any atom is 2.00 e. The van der Waals surface area contributed by atoms with Crippen molar-refractivity contribution in [3.05, 3.63) is 96.3 Å². The van der Waals surface area contributed by atoms with Crippen molar-refractivity contribution in [1.29, 1.82) is 0 Å². The summed E-state index contributed by atoms with van der Waals surface area (Å²) < 4.78 is 12.6. The summed E-state index contributed by atoms with van der Waals surface area (Å²) in [6.07, 6.45) is 0. The number of benzene rings is 2. The third kappa shape index (κ3) is 4.46. The quantitative estimate of drug-likeness (QED) is 0.231. The number of methoxy groups -OCH3 is 2. The minimum absolute atomic E-state index is 0. The van der Waals surface area contributed by atoms with Crippen LogP contribution >= 0.6 is 0 Å². The van der Waals surface area contributed by atoms with E-state index in [0.29, 0.717) is 17.4 Å². The number of para-hydroxylation sites is 1. The van der Waals surface area contributed by atoms with E-state index in [9.17, 15) is 0 Å². The van der Waals surface area contributed by atoms with Gasteiger partial charge in [-0.2, -0.15) is 5.10 Å². The van der Waals surface area contributed by atoms with Crippen LogP contribution in [0.4, 0.5) is 0 Å². The van der Waals surface area contributed by atoms with Gasteiger partial charge < -0.3 is 19.4 Å². The number of pyridine rings is 2. The number of hydrogen-bond acceptors (Lipinski definition) is 5. The zero-order chi connectivity index (χ0) is 23.7. The van der Waals surface area contributed by atoms with Crippen molar-refractivity contribution in [3.63, 3.8) is 0 Å². The molecule has 2 aromatic carbocycles. The average Bonchev–Trinajstić information content (AvgIpc) is 3.29. The molecule has 0 radical (unpaired) electrons. The zero-order valence-electron chi connectivity index (χ0n) is 19.8. The van der Waals surface area contributed by atoms with Crippen LogP contribution in [0.2, 0.25) is 0 Å². The van der Waals surface area contributed by atoms with Gasteiger partial charge in [-0.1, -0.05) is 30.3 Å². The SMILES string of the molecule is COc1c[c-]c(-n2nc(C(C)(C)c3cccc(-c4[c-]cccc4)n3)c3ccccc32)c(OC)n1.[Pt+2]. The second-order valence-corrected chi connectivity index (χ2v) is 8.39. The first-order chi connectivity index (χ1) is 16.5. The van der Waals surface area contributed by atoms with Gasteiger partial charge in [-0.25, -0.2) is 0 Å². The Morgan fingerprint density at radius 2 is 1.66 bits per heavy atom. The van der Waals surface area contributed by atoms with Gasteiger partial charge in [0.1, 0.15) is 5.88 Å². The summed E-state index contributed by atoms with van der Waals surface area (Å²) in [5, 5.41) is 6.08. The molecule has 178 valence electrons. The summed E-state index contributed by atoms with van der Waals surface area (Å²) >= 11 is 0. The van der Waals surface area contributed by atoms with Gasteiger partial charge in [-0.15, -0.1) is 48.0 Å². The molecule has 0 saturated heterocycles. The molecular formula is C28H24N4O2Pt. The van der Waals surface area contributed by atoms with Gasteiger partial charge in [0.05, 0.1) is 36.7 Å². The maximum absolute atomic E-state index is 5.54. The Balaban J connectivity index is 0.00000289. The third-order valence-electron chi connectivity index (χ3n) is 5.91. The zero-order valence-corrected chi connectivity index (χ0v) is 22.1. The predicted octanol–water partition coefficient (Wildman–Crippen LogP) is 5.42. The summed E-state index contributed by atoms with van der Waals surface area (Å²) in [6, 6.07) is 30.2. The molecule has 35 heavy (non-hydrogen) atoms. The van der Waals surface area contributed by atoms with Crippen molar-refractivity contribution < 1.29 is 30.5 Å². The molecule has 3 heterocycles. The van der Waals surface area contributed by atoms with Gasteiger partial charge in [-0.3, -0.25) is 4.68 Å². The maximum atomic E-state index is 5.54. The molecule has 0 atom stereocenters. The summed E-state index contributed by atoms with van der Waals surface area (Å²) in [5.41, 5.74) is 4.71. The molecule has 0 aliphatic rings. The molecule has 0 aliphatic heterocycles. The molecule has 0 bridgehead atoms. The summed E-state index contributed by atoms with van der Waals surface area (Å²) in [5.74, 6) is 0.813. The number of aromatic nitrogens is 4. The van der Waals surface area contributed by atoms with E-state index in [2.05, 4.69) is 37.0 Å². The number of ether oxygens (including phenoxy) is 2. The van der Waals surface area contributed by atoms with Crippen LogP contribution in [0.15, 0.2) is 72.8 Å². The molecule has 0 fully saturated rings. The van der Waals surface area contributed by atoms with Crippen molar-refractivity contribution in [2.24, 2.45) is 0 Å². The molecule has 0 spiro atoms. The second-order valence-electron chi connectivity index (χ2n) is 8.39. The molecule has 7 heteroatoms. The van der Waals surface area contributed by atoms with Crippen LogP contribution < -0.4 is 9.47 Å². The Kier molecular flexibility index (Phi) is 7.04.